The van der Waals surface area contributed by atoms with Gasteiger partial charge in [0.15, 0.2) is 5.82 Å². The van der Waals surface area contributed by atoms with E-state index in [0.717, 1.165) is 39.2 Å². The van der Waals surface area contributed by atoms with Crippen LogP contribution in [0.2, 0.25) is 0 Å². The largest absolute Gasteiger partial charge is 0.228 e. The highest BCUT2D eigenvalue weighted by Crippen LogP contribution is 2.42. The van der Waals surface area contributed by atoms with E-state index < -0.39 is 0 Å². The molecule has 262 valence electrons. The van der Waals surface area contributed by atoms with Crippen molar-refractivity contribution in [1.29, 1.82) is 0 Å². The summed E-state index contributed by atoms with van der Waals surface area (Å²) in [7, 11) is 0. The zero-order valence-electron chi connectivity index (χ0n) is 30.2. The molecule has 0 saturated carbocycles. The molecule has 8 aromatic carbocycles. The first-order valence-electron chi connectivity index (χ1n) is 18.8. The minimum Gasteiger partial charge on any atom is -0.228 e. The molecular formula is C52H32N2S2. The molecule has 0 aliphatic heterocycles. The first kappa shape index (κ1) is 32.7. The second-order valence-corrected chi connectivity index (χ2v) is 16.3. The number of rotatable bonds is 6. The lowest BCUT2D eigenvalue weighted by atomic mass is 9.91. The highest BCUT2D eigenvalue weighted by atomic mass is 32.1. The summed E-state index contributed by atoms with van der Waals surface area (Å²) in [5, 5.41) is 5.17. The molecule has 0 radical (unpaired) electrons. The van der Waals surface area contributed by atoms with E-state index in [1.54, 1.807) is 0 Å². The van der Waals surface area contributed by atoms with Gasteiger partial charge in [-0.1, -0.05) is 146 Å². The second kappa shape index (κ2) is 13.5. The van der Waals surface area contributed by atoms with Crippen LogP contribution in [0.25, 0.3) is 108 Å². The Morgan fingerprint density at radius 2 is 0.732 bits per heavy atom. The van der Waals surface area contributed by atoms with Crippen molar-refractivity contribution < 1.29 is 0 Å². The smallest absolute Gasteiger partial charge is 0.160 e. The molecule has 0 bridgehead atoms. The average Bonchev–Trinajstić information content (AvgIpc) is 3.84. The predicted molar refractivity (Wildman–Crippen MR) is 240 cm³/mol. The molecule has 2 nitrogen and oxygen atoms in total. The second-order valence-electron chi connectivity index (χ2n) is 14.2. The van der Waals surface area contributed by atoms with Gasteiger partial charge in [-0.05, 0) is 81.9 Å². The van der Waals surface area contributed by atoms with E-state index in [2.05, 4.69) is 176 Å². The Balaban J connectivity index is 1.12. The molecule has 11 aromatic rings. The fraction of sp³-hybridized carbons (Fsp3) is 0. The molecule has 0 spiro atoms. The molecule has 0 saturated heterocycles. The highest BCUT2D eigenvalue weighted by molar-refractivity contribution is 7.26. The van der Waals surface area contributed by atoms with Gasteiger partial charge >= 0.3 is 0 Å². The molecule has 11 rings (SSSR count). The maximum atomic E-state index is 5.32. The average molecular weight is 749 g/mol. The van der Waals surface area contributed by atoms with Crippen molar-refractivity contribution in [2.75, 3.05) is 0 Å². The number of aromatic nitrogens is 2. The summed E-state index contributed by atoms with van der Waals surface area (Å²) in [4.78, 5) is 10.5. The fourth-order valence-electron chi connectivity index (χ4n) is 7.90. The van der Waals surface area contributed by atoms with Crippen LogP contribution in [0.5, 0.6) is 0 Å². The van der Waals surface area contributed by atoms with Crippen LogP contribution in [0.3, 0.4) is 0 Å². The van der Waals surface area contributed by atoms with E-state index in [0.29, 0.717) is 5.82 Å². The number of benzene rings is 8. The molecule has 56 heavy (non-hydrogen) atoms. The van der Waals surface area contributed by atoms with E-state index in [9.17, 15) is 0 Å². The fourth-order valence-corrected chi connectivity index (χ4v) is 10.1. The van der Waals surface area contributed by atoms with Gasteiger partial charge in [-0.25, -0.2) is 9.97 Å². The van der Waals surface area contributed by atoms with Crippen LogP contribution >= 0.6 is 22.7 Å². The standard InChI is InChI=1S/C52H32N2S2/c1-3-11-33(12-4-1)34-19-21-35(22-20-34)46-32-47(54-52(53-46)36-13-5-2-6-14-36)40-26-23-37(38-24-27-50-44(30-38)41-15-7-9-17-48(41)55-50)29-43(40)39-25-28-51-45(31-39)42-16-8-10-18-49(42)56-51/h1-32H. The van der Waals surface area contributed by atoms with Gasteiger partial charge in [0.2, 0.25) is 0 Å². The topological polar surface area (TPSA) is 25.8 Å². The molecule has 0 fully saturated rings. The van der Waals surface area contributed by atoms with Crippen molar-refractivity contribution in [2.45, 2.75) is 0 Å². The van der Waals surface area contributed by atoms with Crippen LogP contribution < -0.4 is 0 Å². The molecule has 3 aromatic heterocycles. The number of fused-ring (bicyclic) bond motifs is 6. The molecule has 3 heterocycles. The van der Waals surface area contributed by atoms with Crippen molar-refractivity contribution >= 4 is 63.0 Å². The van der Waals surface area contributed by atoms with E-state index in [4.69, 9.17) is 9.97 Å². The van der Waals surface area contributed by atoms with E-state index in [1.807, 2.05) is 40.9 Å². The van der Waals surface area contributed by atoms with Crippen molar-refractivity contribution in [1.82, 2.24) is 9.97 Å². The quantitative estimate of drug-likeness (QED) is 0.169. The summed E-state index contributed by atoms with van der Waals surface area (Å²) >= 11 is 3.70. The van der Waals surface area contributed by atoms with Gasteiger partial charge in [0, 0.05) is 57.0 Å². The summed E-state index contributed by atoms with van der Waals surface area (Å²) in [5.41, 5.74) is 11.9. The van der Waals surface area contributed by atoms with E-state index in [1.165, 1.54) is 62.6 Å². The van der Waals surface area contributed by atoms with E-state index >= 15 is 0 Å². The Labute approximate surface area is 332 Å². The van der Waals surface area contributed by atoms with Crippen molar-refractivity contribution in [3.05, 3.63) is 194 Å². The summed E-state index contributed by atoms with van der Waals surface area (Å²) in [6.07, 6.45) is 0. The van der Waals surface area contributed by atoms with Gasteiger partial charge < -0.3 is 0 Å². The third kappa shape index (κ3) is 5.79. The van der Waals surface area contributed by atoms with Crippen LogP contribution in [-0.4, -0.2) is 9.97 Å². The minimum atomic E-state index is 0.703. The molecule has 0 unspecified atom stereocenters. The Bertz CT molecular complexity index is 3230. The first-order chi connectivity index (χ1) is 27.7. The maximum absolute atomic E-state index is 5.32. The van der Waals surface area contributed by atoms with Gasteiger partial charge in [0.05, 0.1) is 11.4 Å². The van der Waals surface area contributed by atoms with Crippen molar-refractivity contribution in [3.8, 4) is 67.3 Å². The van der Waals surface area contributed by atoms with Gasteiger partial charge in [-0.2, -0.15) is 0 Å². The molecule has 0 amide bonds. The zero-order chi connectivity index (χ0) is 37.0. The first-order valence-corrected chi connectivity index (χ1v) is 20.4. The lowest BCUT2D eigenvalue weighted by Crippen LogP contribution is -1.97. The Morgan fingerprint density at radius 1 is 0.268 bits per heavy atom. The molecule has 0 N–H and O–H groups in total. The third-order valence-corrected chi connectivity index (χ3v) is 13.0. The summed E-state index contributed by atoms with van der Waals surface area (Å²) in [6, 6.07) is 69.8. The lowest BCUT2D eigenvalue weighted by molar-refractivity contribution is 1.18. The Hall–Kier alpha value is -6.72. The van der Waals surface area contributed by atoms with Crippen LogP contribution in [0.15, 0.2) is 194 Å². The lowest BCUT2D eigenvalue weighted by Gasteiger charge is -2.15. The maximum Gasteiger partial charge on any atom is 0.160 e. The molecular weight excluding hydrogens is 717 g/mol. The van der Waals surface area contributed by atoms with Crippen LogP contribution in [0.1, 0.15) is 0 Å². The SMILES string of the molecule is c1ccc(-c2ccc(-c3cc(-c4ccc(-c5ccc6sc7ccccc7c6c5)cc4-c4ccc5sc6ccccc6c5c4)nc(-c4ccccc4)n3)cc2)cc1. The predicted octanol–water partition coefficient (Wildman–Crippen LogP) is 15.2. The number of hydrogen-bond acceptors (Lipinski definition) is 4. The van der Waals surface area contributed by atoms with Gasteiger partial charge in [-0.3, -0.25) is 0 Å². The Kier molecular flexibility index (Phi) is 7.90. The molecule has 4 heteroatoms. The Morgan fingerprint density at radius 3 is 1.41 bits per heavy atom. The molecule has 0 aliphatic rings. The van der Waals surface area contributed by atoms with Crippen LogP contribution in [0, 0.1) is 0 Å². The van der Waals surface area contributed by atoms with Crippen LogP contribution in [-0.2, 0) is 0 Å². The normalized spacial score (nSPS) is 11.6. The number of nitrogens with zero attached hydrogens (tertiary/aromatic N) is 2. The zero-order valence-corrected chi connectivity index (χ0v) is 31.8. The third-order valence-electron chi connectivity index (χ3n) is 10.7. The van der Waals surface area contributed by atoms with Crippen molar-refractivity contribution in [2.24, 2.45) is 0 Å². The number of thiophene rings is 2. The number of hydrogen-bond donors (Lipinski definition) is 0. The molecule has 0 aliphatic carbocycles. The van der Waals surface area contributed by atoms with E-state index in [-0.39, 0.29) is 0 Å². The molecule has 0 atom stereocenters. The van der Waals surface area contributed by atoms with Crippen LogP contribution in [0.4, 0.5) is 0 Å². The van der Waals surface area contributed by atoms with Gasteiger partial charge in [-0.15, -0.1) is 22.7 Å². The van der Waals surface area contributed by atoms with Gasteiger partial charge in [0.25, 0.3) is 0 Å². The highest BCUT2D eigenvalue weighted by Gasteiger charge is 2.18. The summed E-state index contributed by atoms with van der Waals surface area (Å²) in [5.74, 6) is 0.703. The van der Waals surface area contributed by atoms with Gasteiger partial charge in [0.1, 0.15) is 0 Å². The minimum absolute atomic E-state index is 0.703. The van der Waals surface area contributed by atoms with Crippen molar-refractivity contribution in [3.63, 3.8) is 0 Å². The summed E-state index contributed by atoms with van der Waals surface area (Å²) in [6.45, 7) is 0. The monoisotopic (exact) mass is 748 g/mol. The summed E-state index contributed by atoms with van der Waals surface area (Å²) < 4.78 is 5.21.